The molecule has 0 aromatic heterocycles. The molecule has 0 radical (unpaired) electrons. The van der Waals surface area contributed by atoms with Gasteiger partial charge in [-0.15, -0.1) is 0 Å². The Hall–Kier alpha value is -0.0800. The highest BCUT2D eigenvalue weighted by Crippen LogP contribution is 2.44. The van der Waals surface area contributed by atoms with Crippen LogP contribution in [0.3, 0.4) is 0 Å². The Morgan fingerprint density at radius 1 is 1.33 bits per heavy atom. The Balaban J connectivity index is 2.59. The third-order valence-electron chi connectivity index (χ3n) is 2.88. The van der Waals surface area contributed by atoms with Gasteiger partial charge in [-0.05, 0) is 31.6 Å². The van der Waals surface area contributed by atoms with Gasteiger partial charge < -0.3 is 10.5 Å². The molecule has 2 nitrogen and oxygen atoms in total. The largest absolute Gasteiger partial charge is 0.374 e. The lowest BCUT2D eigenvalue weighted by Crippen LogP contribution is -2.39. The van der Waals surface area contributed by atoms with E-state index < -0.39 is 0 Å². The second-order valence-corrected chi connectivity index (χ2v) is 4.66. The lowest BCUT2D eigenvalue weighted by Gasteiger charge is -2.29. The maximum Gasteiger partial charge on any atom is 0.0809 e. The summed E-state index contributed by atoms with van der Waals surface area (Å²) in [6.07, 6.45) is 3.48. The van der Waals surface area contributed by atoms with Crippen LogP contribution in [0.25, 0.3) is 0 Å². The van der Waals surface area contributed by atoms with E-state index in [4.69, 9.17) is 10.5 Å². The second-order valence-electron chi connectivity index (χ2n) is 4.66. The lowest BCUT2D eigenvalue weighted by molar-refractivity contribution is -0.0331. The van der Waals surface area contributed by atoms with Gasteiger partial charge >= 0.3 is 0 Å². The van der Waals surface area contributed by atoms with Crippen molar-refractivity contribution in [2.24, 2.45) is 11.1 Å². The fourth-order valence-electron chi connectivity index (χ4n) is 2.28. The normalized spacial score (nSPS) is 34.0. The number of hydrogen-bond acceptors (Lipinski definition) is 2. The van der Waals surface area contributed by atoms with E-state index >= 15 is 0 Å². The molecule has 1 aliphatic rings. The van der Waals surface area contributed by atoms with Crippen molar-refractivity contribution in [3.05, 3.63) is 0 Å². The molecule has 1 unspecified atom stereocenters. The van der Waals surface area contributed by atoms with E-state index in [1.807, 2.05) is 6.92 Å². The van der Waals surface area contributed by atoms with Crippen LogP contribution in [0.5, 0.6) is 0 Å². The molecule has 2 heteroatoms. The fourth-order valence-corrected chi connectivity index (χ4v) is 2.28. The molecule has 0 bridgehead atoms. The fraction of sp³-hybridized carbons (Fsp3) is 1.00. The van der Waals surface area contributed by atoms with E-state index in [1.54, 1.807) is 0 Å². The van der Waals surface area contributed by atoms with Crippen LogP contribution in [0, 0.1) is 5.41 Å². The first kappa shape index (κ1) is 10.0. The van der Waals surface area contributed by atoms with E-state index in [2.05, 4.69) is 13.8 Å². The predicted octanol–water partition coefficient (Wildman–Crippen LogP) is 1.93. The van der Waals surface area contributed by atoms with Crippen molar-refractivity contribution in [2.75, 3.05) is 13.2 Å². The summed E-state index contributed by atoms with van der Waals surface area (Å²) in [5, 5.41) is 0. The summed E-state index contributed by atoms with van der Waals surface area (Å²) < 4.78 is 5.75. The smallest absolute Gasteiger partial charge is 0.0809 e. The molecule has 0 spiro atoms. The van der Waals surface area contributed by atoms with Crippen molar-refractivity contribution in [1.82, 2.24) is 0 Å². The third kappa shape index (κ3) is 1.99. The van der Waals surface area contributed by atoms with Crippen molar-refractivity contribution < 1.29 is 4.74 Å². The van der Waals surface area contributed by atoms with Crippen molar-refractivity contribution in [3.63, 3.8) is 0 Å². The summed E-state index contributed by atoms with van der Waals surface area (Å²) in [4.78, 5) is 0. The van der Waals surface area contributed by atoms with Crippen LogP contribution < -0.4 is 5.73 Å². The molecule has 0 aromatic rings. The van der Waals surface area contributed by atoms with E-state index in [0.717, 1.165) is 19.4 Å². The highest BCUT2D eigenvalue weighted by atomic mass is 16.5. The van der Waals surface area contributed by atoms with Crippen LogP contribution >= 0.6 is 0 Å². The Morgan fingerprint density at radius 3 is 2.33 bits per heavy atom. The molecule has 1 saturated carbocycles. The summed E-state index contributed by atoms with van der Waals surface area (Å²) in [7, 11) is 0. The number of rotatable bonds is 3. The van der Waals surface area contributed by atoms with Crippen molar-refractivity contribution >= 4 is 0 Å². The molecule has 0 heterocycles. The molecule has 12 heavy (non-hydrogen) atoms. The molecule has 0 saturated heterocycles. The number of hydrogen-bond donors (Lipinski definition) is 1. The first-order chi connectivity index (χ1) is 5.54. The third-order valence-corrected chi connectivity index (χ3v) is 2.88. The minimum absolute atomic E-state index is 0.00174. The summed E-state index contributed by atoms with van der Waals surface area (Å²) in [5.41, 5.74) is 6.17. The monoisotopic (exact) mass is 171 g/mol. The average molecular weight is 171 g/mol. The first-order valence-electron chi connectivity index (χ1n) is 4.88. The lowest BCUT2D eigenvalue weighted by atomic mass is 9.89. The zero-order valence-electron chi connectivity index (χ0n) is 8.52. The summed E-state index contributed by atoms with van der Waals surface area (Å²) >= 11 is 0. The van der Waals surface area contributed by atoms with Gasteiger partial charge in [0.1, 0.15) is 0 Å². The van der Waals surface area contributed by atoms with Crippen molar-refractivity contribution in [3.8, 4) is 0 Å². The number of nitrogens with two attached hydrogens (primary N) is 1. The van der Waals surface area contributed by atoms with Crippen LogP contribution in [0.2, 0.25) is 0 Å². The van der Waals surface area contributed by atoms with E-state index in [9.17, 15) is 0 Å². The van der Waals surface area contributed by atoms with Gasteiger partial charge in [0.05, 0.1) is 5.60 Å². The van der Waals surface area contributed by atoms with E-state index in [1.165, 1.54) is 6.42 Å². The molecular formula is C10H21NO. The average Bonchev–Trinajstić information content (AvgIpc) is 2.29. The maximum absolute atomic E-state index is 5.75. The maximum atomic E-state index is 5.75. The molecular weight excluding hydrogens is 150 g/mol. The zero-order valence-corrected chi connectivity index (χ0v) is 8.52. The highest BCUT2D eigenvalue weighted by Gasteiger charge is 2.42. The summed E-state index contributed by atoms with van der Waals surface area (Å²) in [6, 6.07) is 0. The molecule has 72 valence electrons. The van der Waals surface area contributed by atoms with E-state index in [0.29, 0.717) is 12.0 Å². The van der Waals surface area contributed by atoms with Crippen LogP contribution in [0.1, 0.15) is 40.0 Å². The van der Waals surface area contributed by atoms with Crippen LogP contribution in [-0.4, -0.2) is 18.8 Å². The standard InChI is InChI=1S/C10H21NO/c1-4-12-10(8-11)6-5-9(2,3)7-10/h4-8,11H2,1-3H3. The van der Waals surface area contributed by atoms with Gasteiger partial charge in [0.15, 0.2) is 0 Å². The Labute approximate surface area is 75.5 Å². The minimum Gasteiger partial charge on any atom is -0.374 e. The van der Waals surface area contributed by atoms with E-state index in [-0.39, 0.29) is 5.60 Å². The molecule has 0 amide bonds. The zero-order chi connectivity index (χ0) is 9.24. The topological polar surface area (TPSA) is 35.2 Å². The van der Waals surface area contributed by atoms with Gasteiger partial charge in [0.25, 0.3) is 0 Å². The molecule has 0 aliphatic heterocycles. The second kappa shape index (κ2) is 3.35. The molecule has 1 atom stereocenters. The Bertz CT molecular complexity index is 156. The van der Waals surface area contributed by atoms with Gasteiger partial charge in [-0.25, -0.2) is 0 Å². The van der Waals surface area contributed by atoms with Gasteiger partial charge in [0, 0.05) is 13.2 Å². The molecule has 1 rings (SSSR count). The Kier molecular flexibility index (Phi) is 2.79. The predicted molar refractivity (Wildman–Crippen MR) is 51.0 cm³/mol. The molecule has 1 aliphatic carbocycles. The van der Waals surface area contributed by atoms with Gasteiger partial charge in [-0.1, -0.05) is 13.8 Å². The van der Waals surface area contributed by atoms with Gasteiger partial charge in [0.2, 0.25) is 0 Å². The van der Waals surface area contributed by atoms with Crippen LogP contribution in [-0.2, 0) is 4.74 Å². The van der Waals surface area contributed by atoms with Gasteiger partial charge in [-0.3, -0.25) is 0 Å². The number of ether oxygens (including phenoxy) is 1. The Morgan fingerprint density at radius 2 is 2.00 bits per heavy atom. The summed E-state index contributed by atoms with van der Waals surface area (Å²) in [5.74, 6) is 0. The SMILES string of the molecule is CCOC1(CN)CCC(C)(C)C1. The summed E-state index contributed by atoms with van der Waals surface area (Å²) in [6.45, 7) is 8.09. The molecule has 0 aromatic carbocycles. The molecule has 2 N–H and O–H groups in total. The first-order valence-corrected chi connectivity index (χ1v) is 4.88. The van der Waals surface area contributed by atoms with Crippen LogP contribution in [0.15, 0.2) is 0 Å². The molecule has 1 fully saturated rings. The minimum atomic E-state index is -0.00174. The van der Waals surface area contributed by atoms with Crippen molar-refractivity contribution in [1.29, 1.82) is 0 Å². The van der Waals surface area contributed by atoms with Crippen LogP contribution in [0.4, 0.5) is 0 Å². The quantitative estimate of drug-likeness (QED) is 0.704. The highest BCUT2D eigenvalue weighted by molar-refractivity contribution is 4.95. The van der Waals surface area contributed by atoms with Crippen molar-refractivity contribution in [2.45, 2.75) is 45.6 Å². The van der Waals surface area contributed by atoms with Gasteiger partial charge in [-0.2, -0.15) is 0 Å².